The molecule has 0 spiro atoms. The number of nitrogens with zero attached hydrogens (tertiary/aromatic N) is 1. The highest BCUT2D eigenvalue weighted by Crippen LogP contribution is 2.23. The van der Waals surface area contributed by atoms with Crippen molar-refractivity contribution in [2.45, 2.75) is 19.8 Å². The largest absolute Gasteiger partial charge is 0.481 e. The molecular formula is C14H16N2O4S. The summed E-state index contributed by atoms with van der Waals surface area (Å²) >= 11 is 1.45. The van der Waals surface area contributed by atoms with Crippen LogP contribution in [0.5, 0.6) is 0 Å². The van der Waals surface area contributed by atoms with Gasteiger partial charge in [-0.1, -0.05) is 6.92 Å². The smallest absolute Gasteiger partial charge is 0.303 e. The highest BCUT2D eigenvalue weighted by atomic mass is 32.1. The topological polar surface area (TPSA) is 92.4 Å². The van der Waals surface area contributed by atoms with Gasteiger partial charge < -0.3 is 14.8 Å². The molecule has 2 N–H and O–H groups in total. The fraction of sp³-hybridized carbons (Fsp3) is 0.357. The van der Waals surface area contributed by atoms with Gasteiger partial charge in [0.25, 0.3) is 0 Å². The van der Waals surface area contributed by atoms with Crippen LogP contribution in [0.3, 0.4) is 0 Å². The van der Waals surface area contributed by atoms with E-state index < -0.39 is 5.97 Å². The molecule has 21 heavy (non-hydrogen) atoms. The molecule has 7 heteroatoms. The summed E-state index contributed by atoms with van der Waals surface area (Å²) in [6, 6.07) is 1.82. The van der Waals surface area contributed by atoms with Crippen molar-refractivity contribution < 1.29 is 19.1 Å². The van der Waals surface area contributed by atoms with E-state index in [1.165, 1.54) is 11.3 Å². The van der Waals surface area contributed by atoms with Gasteiger partial charge in [-0.25, -0.2) is 4.98 Å². The van der Waals surface area contributed by atoms with E-state index >= 15 is 0 Å². The number of rotatable bonds is 7. The van der Waals surface area contributed by atoms with E-state index in [0.29, 0.717) is 12.2 Å². The molecule has 0 aliphatic heterocycles. The van der Waals surface area contributed by atoms with Crippen LogP contribution in [0.1, 0.15) is 19.0 Å². The lowest BCUT2D eigenvalue weighted by atomic mass is 10.1. The third-order valence-electron chi connectivity index (χ3n) is 2.83. The summed E-state index contributed by atoms with van der Waals surface area (Å²) < 4.78 is 5.00. The summed E-state index contributed by atoms with van der Waals surface area (Å²) in [5, 5.41) is 14.0. The first-order valence-electron chi connectivity index (χ1n) is 6.50. The SMILES string of the molecule is CC(CNC(=O)Cc1csc(-c2ccoc2)n1)CC(=O)O. The minimum Gasteiger partial charge on any atom is -0.481 e. The van der Waals surface area contributed by atoms with Crippen LogP contribution in [0.4, 0.5) is 0 Å². The first kappa shape index (κ1) is 15.2. The molecule has 0 saturated heterocycles. The number of nitrogens with one attached hydrogen (secondary N) is 1. The second kappa shape index (κ2) is 7.03. The number of furan rings is 1. The molecule has 2 aromatic rings. The fourth-order valence-electron chi connectivity index (χ4n) is 1.79. The molecule has 2 heterocycles. The predicted octanol–water partition coefficient (Wildman–Crippen LogP) is 2.17. The third kappa shape index (κ3) is 4.71. The first-order valence-corrected chi connectivity index (χ1v) is 7.38. The number of carboxylic acids is 1. The average molecular weight is 308 g/mol. The number of thiazole rings is 1. The Morgan fingerprint density at radius 2 is 2.33 bits per heavy atom. The van der Waals surface area contributed by atoms with Gasteiger partial charge in [0.05, 0.1) is 18.4 Å². The lowest BCUT2D eigenvalue weighted by Gasteiger charge is -2.09. The zero-order valence-electron chi connectivity index (χ0n) is 11.5. The maximum Gasteiger partial charge on any atom is 0.303 e. The highest BCUT2D eigenvalue weighted by Gasteiger charge is 2.12. The van der Waals surface area contributed by atoms with Crippen molar-refractivity contribution in [1.82, 2.24) is 10.3 Å². The van der Waals surface area contributed by atoms with Crippen LogP contribution in [0.25, 0.3) is 10.6 Å². The lowest BCUT2D eigenvalue weighted by Crippen LogP contribution is -2.30. The monoisotopic (exact) mass is 308 g/mol. The van der Waals surface area contributed by atoms with E-state index in [4.69, 9.17) is 9.52 Å². The molecule has 2 aromatic heterocycles. The Labute approximate surface area is 125 Å². The zero-order chi connectivity index (χ0) is 15.2. The molecule has 0 bridgehead atoms. The number of hydrogen-bond acceptors (Lipinski definition) is 5. The van der Waals surface area contributed by atoms with Gasteiger partial charge in [-0.15, -0.1) is 11.3 Å². The normalized spacial score (nSPS) is 12.0. The van der Waals surface area contributed by atoms with E-state index in [9.17, 15) is 9.59 Å². The standard InChI is InChI=1S/C14H16N2O4S/c1-9(4-13(18)19)6-15-12(17)5-11-8-21-14(16-11)10-2-3-20-7-10/h2-3,7-9H,4-6H2,1H3,(H,15,17)(H,18,19). The molecular weight excluding hydrogens is 292 g/mol. The van der Waals surface area contributed by atoms with Crippen LogP contribution in [0.15, 0.2) is 28.4 Å². The van der Waals surface area contributed by atoms with Crippen LogP contribution in [-0.4, -0.2) is 28.5 Å². The molecule has 6 nitrogen and oxygen atoms in total. The number of aromatic nitrogens is 1. The Balaban J connectivity index is 1.82. The number of amides is 1. The van der Waals surface area contributed by atoms with Crippen LogP contribution in [0.2, 0.25) is 0 Å². The molecule has 1 amide bonds. The van der Waals surface area contributed by atoms with E-state index in [1.807, 2.05) is 11.4 Å². The molecule has 1 unspecified atom stereocenters. The highest BCUT2D eigenvalue weighted by molar-refractivity contribution is 7.13. The van der Waals surface area contributed by atoms with E-state index in [-0.39, 0.29) is 24.7 Å². The summed E-state index contributed by atoms with van der Waals surface area (Å²) in [5.41, 5.74) is 1.58. The number of carbonyl (C=O) groups is 2. The molecule has 0 aliphatic carbocycles. The average Bonchev–Trinajstić information content (AvgIpc) is 3.05. The molecule has 0 saturated carbocycles. The van der Waals surface area contributed by atoms with Crippen molar-refractivity contribution >= 4 is 23.2 Å². The molecule has 0 fully saturated rings. The van der Waals surface area contributed by atoms with Crippen molar-refractivity contribution in [2.75, 3.05) is 6.54 Å². The summed E-state index contributed by atoms with van der Waals surface area (Å²) in [6.45, 7) is 2.14. The molecule has 0 aliphatic rings. The maximum atomic E-state index is 11.8. The van der Waals surface area contributed by atoms with Crippen LogP contribution < -0.4 is 5.32 Å². The van der Waals surface area contributed by atoms with Gasteiger partial charge in [0.15, 0.2) is 0 Å². The molecule has 0 aromatic carbocycles. The van der Waals surface area contributed by atoms with Crippen molar-refractivity contribution in [3.05, 3.63) is 29.7 Å². The van der Waals surface area contributed by atoms with Crippen LogP contribution >= 0.6 is 11.3 Å². The second-order valence-electron chi connectivity index (χ2n) is 4.84. The molecule has 2 rings (SSSR count). The zero-order valence-corrected chi connectivity index (χ0v) is 12.4. The Morgan fingerprint density at radius 1 is 1.52 bits per heavy atom. The van der Waals surface area contributed by atoms with Crippen LogP contribution in [0, 0.1) is 5.92 Å². The third-order valence-corrected chi connectivity index (χ3v) is 3.77. The minimum atomic E-state index is -0.860. The van der Waals surface area contributed by atoms with Crippen LogP contribution in [-0.2, 0) is 16.0 Å². The Morgan fingerprint density at radius 3 is 3.00 bits per heavy atom. The Bertz CT molecular complexity index is 606. The van der Waals surface area contributed by atoms with E-state index in [2.05, 4.69) is 10.3 Å². The van der Waals surface area contributed by atoms with Gasteiger partial charge in [0, 0.05) is 23.9 Å². The minimum absolute atomic E-state index is 0.0433. The van der Waals surface area contributed by atoms with Gasteiger partial charge in [0.1, 0.15) is 11.3 Å². The van der Waals surface area contributed by atoms with Crippen molar-refractivity contribution in [1.29, 1.82) is 0 Å². The summed E-state index contributed by atoms with van der Waals surface area (Å²) in [5.74, 6) is -1.11. The van der Waals surface area contributed by atoms with Gasteiger partial charge in [0.2, 0.25) is 5.91 Å². The summed E-state index contributed by atoms with van der Waals surface area (Å²) in [4.78, 5) is 26.7. The molecule has 0 radical (unpaired) electrons. The van der Waals surface area contributed by atoms with Gasteiger partial charge >= 0.3 is 5.97 Å². The second-order valence-corrected chi connectivity index (χ2v) is 5.70. The summed E-state index contributed by atoms with van der Waals surface area (Å²) in [6.07, 6.45) is 3.42. The lowest BCUT2D eigenvalue weighted by molar-refractivity contribution is -0.138. The Hall–Kier alpha value is -2.15. The van der Waals surface area contributed by atoms with Crippen molar-refractivity contribution in [3.8, 4) is 10.6 Å². The Kier molecular flexibility index (Phi) is 5.10. The van der Waals surface area contributed by atoms with E-state index in [0.717, 1.165) is 10.6 Å². The summed E-state index contributed by atoms with van der Waals surface area (Å²) in [7, 11) is 0. The quantitative estimate of drug-likeness (QED) is 0.818. The van der Waals surface area contributed by atoms with Gasteiger partial charge in [-0.05, 0) is 12.0 Å². The van der Waals surface area contributed by atoms with Gasteiger partial charge in [-0.3, -0.25) is 9.59 Å². The first-order chi connectivity index (χ1) is 10.0. The molecule has 1 atom stereocenters. The van der Waals surface area contributed by atoms with E-state index in [1.54, 1.807) is 19.5 Å². The molecule has 112 valence electrons. The maximum absolute atomic E-state index is 11.8. The van der Waals surface area contributed by atoms with Crippen molar-refractivity contribution in [2.24, 2.45) is 5.92 Å². The predicted molar refractivity (Wildman–Crippen MR) is 77.9 cm³/mol. The number of carbonyl (C=O) groups excluding carboxylic acids is 1. The fourth-order valence-corrected chi connectivity index (χ4v) is 2.60. The number of hydrogen-bond donors (Lipinski definition) is 2. The van der Waals surface area contributed by atoms with Crippen molar-refractivity contribution in [3.63, 3.8) is 0 Å². The number of aliphatic carboxylic acids is 1. The number of carboxylic acid groups (broad SMARTS) is 1. The van der Waals surface area contributed by atoms with Gasteiger partial charge in [-0.2, -0.15) is 0 Å².